The summed E-state index contributed by atoms with van der Waals surface area (Å²) in [4.78, 5) is 15.5. The second-order valence-electron chi connectivity index (χ2n) is 7.15. The molecule has 0 radical (unpaired) electrons. The molecule has 1 aliphatic heterocycles. The van der Waals surface area contributed by atoms with E-state index in [1.54, 1.807) is 24.5 Å². The maximum Gasteiger partial charge on any atom is 0.253 e. The van der Waals surface area contributed by atoms with Crippen LogP contribution in [0.15, 0.2) is 24.3 Å². The van der Waals surface area contributed by atoms with Crippen molar-refractivity contribution in [2.75, 3.05) is 20.2 Å². The average molecular weight is 385 g/mol. The SMILES string of the molecule is COc1cccc(C(=O)N2CCC(c3nn4c(C(C)C)nnc4s3)CC2)c1. The molecule has 2 aromatic heterocycles. The molecule has 3 heterocycles. The highest BCUT2D eigenvalue weighted by Crippen LogP contribution is 2.32. The smallest absolute Gasteiger partial charge is 0.253 e. The van der Waals surface area contributed by atoms with Gasteiger partial charge < -0.3 is 9.64 Å². The second kappa shape index (κ2) is 7.26. The molecule has 1 aliphatic rings. The van der Waals surface area contributed by atoms with E-state index in [9.17, 15) is 4.79 Å². The Balaban J connectivity index is 1.45. The van der Waals surface area contributed by atoms with Gasteiger partial charge in [-0.05, 0) is 31.0 Å². The van der Waals surface area contributed by atoms with E-state index in [2.05, 4.69) is 24.0 Å². The lowest BCUT2D eigenvalue weighted by atomic mass is 9.97. The van der Waals surface area contributed by atoms with Crippen LogP contribution in [-0.4, -0.2) is 50.8 Å². The Morgan fingerprint density at radius 1 is 1.26 bits per heavy atom. The third-order valence-corrected chi connectivity index (χ3v) is 6.06. The van der Waals surface area contributed by atoms with Crippen molar-refractivity contribution in [2.45, 2.75) is 38.5 Å². The Hall–Kier alpha value is -2.48. The molecule has 1 fully saturated rings. The summed E-state index contributed by atoms with van der Waals surface area (Å²) >= 11 is 1.61. The quantitative estimate of drug-likeness (QED) is 0.689. The van der Waals surface area contributed by atoms with Crippen molar-refractivity contribution in [1.82, 2.24) is 24.7 Å². The van der Waals surface area contributed by atoms with E-state index in [0.717, 1.165) is 41.7 Å². The molecule has 4 rings (SSSR count). The minimum Gasteiger partial charge on any atom is -0.497 e. The number of benzene rings is 1. The molecule has 0 N–H and O–H groups in total. The van der Waals surface area contributed by atoms with Crippen molar-refractivity contribution in [3.05, 3.63) is 40.7 Å². The lowest BCUT2D eigenvalue weighted by molar-refractivity contribution is 0.0712. The van der Waals surface area contributed by atoms with Crippen LogP contribution in [-0.2, 0) is 0 Å². The molecule has 8 heteroatoms. The summed E-state index contributed by atoms with van der Waals surface area (Å²) in [6.07, 6.45) is 1.83. The number of hydrogen-bond acceptors (Lipinski definition) is 6. The molecule has 0 saturated carbocycles. The van der Waals surface area contributed by atoms with Gasteiger partial charge in [0.05, 0.1) is 7.11 Å². The molecular weight excluding hydrogens is 362 g/mol. The fourth-order valence-corrected chi connectivity index (χ4v) is 4.45. The van der Waals surface area contributed by atoms with Gasteiger partial charge in [0.15, 0.2) is 5.82 Å². The van der Waals surface area contributed by atoms with Crippen molar-refractivity contribution in [2.24, 2.45) is 0 Å². The lowest BCUT2D eigenvalue weighted by Gasteiger charge is -2.31. The van der Waals surface area contributed by atoms with Crippen LogP contribution >= 0.6 is 11.3 Å². The van der Waals surface area contributed by atoms with Crippen LogP contribution in [0.4, 0.5) is 0 Å². The molecule has 1 amide bonds. The first kappa shape index (κ1) is 17.9. The van der Waals surface area contributed by atoms with Crippen LogP contribution in [0, 0.1) is 0 Å². The number of rotatable bonds is 4. The first-order chi connectivity index (χ1) is 13.1. The summed E-state index contributed by atoms with van der Waals surface area (Å²) in [6, 6.07) is 7.34. The molecule has 27 heavy (non-hydrogen) atoms. The van der Waals surface area contributed by atoms with Crippen LogP contribution < -0.4 is 4.74 Å². The molecule has 0 atom stereocenters. The minimum atomic E-state index is 0.0626. The number of carbonyl (C=O) groups is 1. The van der Waals surface area contributed by atoms with Crippen molar-refractivity contribution >= 4 is 22.2 Å². The zero-order valence-corrected chi connectivity index (χ0v) is 16.6. The highest BCUT2D eigenvalue weighted by atomic mass is 32.1. The number of hydrogen-bond donors (Lipinski definition) is 0. The van der Waals surface area contributed by atoms with E-state index < -0.39 is 0 Å². The fourth-order valence-electron chi connectivity index (χ4n) is 3.44. The summed E-state index contributed by atoms with van der Waals surface area (Å²) in [5, 5.41) is 14.3. The summed E-state index contributed by atoms with van der Waals surface area (Å²) in [7, 11) is 1.61. The molecule has 7 nitrogen and oxygen atoms in total. The Morgan fingerprint density at radius 3 is 2.74 bits per heavy atom. The number of ether oxygens (including phenoxy) is 1. The predicted molar refractivity (Wildman–Crippen MR) is 104 cm³/mol. The number of methoxy groups -OCH3 is 1. The highest BCUT2D eigenvalue weighted by molar-refractivity contribution is 7.16. The number of piperidine rings is 1. The Labute approximate surface area is 162 Å². The molecule has 0 unspecified atom stereocenters. The maximum atomic E-state index is 12.8. The first-order valence-electron chi connectivity index (χ1n) is 9.22. The van der Waals surface area contributed by atoms with Crippen LogP contribution in [0.5, 0.6) is 5.75 Å². The lowest BCUT2D eigenvalue weighted by Crippen LogP contribution is -2.37. The van der Waals surface area contributed by atoms with Crippen molar-refractivity contribution in [3.8, 4) is 5.75 Å². The second-order valence-corrected chi connectivity index (χ2v) is 8.13. The standard InChI is InChI=1S/C19H23N5O2S/c1-12(2)16-20-21-19-24(16)22-17(27-19)13-7-9-23(10-8-13)18(25)14-5-4-6-15(11-14)26-3/h4-6,11-13H,7-10H2,1-3H3. The van der Waals surface area contributed by atoms with Gasteiger partial charge in [0.2, 0.25) is 4.96 Å². The van der Waals surface area contributed by atoms with Crippen molar-refractivity contribution in [3.63, 3.8) is 0 Å². The number of likely N-dealkylation sites (tertiary alicyclic amines) is 1. The van der Waals surface area contributed by atoms with E-state index >= 15 is 0 Å². The topological polar surface area (TPSA) is 72.6 Å². The van der Waals surface area contributed by atoms with E-state index in [4.69, 9.17) is 9.84 Å². The van der Waals surface area contributed by atoms with Gasteiger partial charge in [-0.15, -0.1) is 10.2 Å². The monoisotopic (exact) mass is 385 g/mol. The third-order valence-electron chi connectivity index (χ3n) is 5.00. The van der Waals surface area contributed by atoms with E-state index in [1.165, 1.54) is 0 Å². The van der Waals surface area contributed by atoms with E-state index in [1.807, 2.05) is 27.6 Å². The highest BCUT2D eigenvalue weighted by Gasteiger charge is 2.27. The van der Waals surface area contributed by atoms with Crippen LogP contribution in [0.3, 0.4) is 0 Å². The van der Waals surface area contributed by atoms with Gasteiger partial charge in [0.25, 0.3) is 5.91 Å². The largest absolute Gasteiger partial charge is 0.497 e. The zero-order chi connectivity index (χ0) is 19.0. The summed E-state index contributed by atoms with van der Waals surface area (Å²) < 4.78 is 7.10. The molecule has 0 bridgehead atoms. The van der Waals surface area contributed by atoms with Crippen LogP contribution in [0.2, 0.25) is 0 Å². The maximum absolute atomic E-state index is 12.8. The van der Waals surface area contributed by atoms with Crippen molar-refractivity contribution < 1.29 is 9.53 Å². The van der Waals surface area contributed by atoms with Gasteiger partial charge in [0, 0.05) is 30.5 Å². The predicted octanol–water partition coefficient (Wildman–Crippen LogP) is 3.34. The number of aromatic nitrogens is 4. The van der Waals surface area contributed by atoms with Gasteiger partial charge in [-0.1, -0.05) is 31.3 Å². The van der Waals surface area contributed by atoms with Crippen LogP contribution in [0.1, 0.15) is 59.7 Å². The molecule has 142 valence electrons. The molecule has 0 spiro atoms. The van der Waals surface area contributed by atoms with Gasteiger partial charge in [-0.3, -0.25) is 4.79 Å². The zero-order valence-electron chi connectivity index (χ0n) is 15.8. The number of nitrogens with zero attached hydrogens (tertiary/aromatic N) is 5. The van der Waals surface area contributed by atoms with Crippen molar-refractivity contribution in [1.29, 1.82) is 0 Å². The third kappa shape index (κ3) is 3.41. The summed E-state index contributed by atoms with van der Waals surface area (Å²) in [5.41, 5.74) is 0.674. The number of fused-ring (bicyclic) bond motifs is 1. The first-order valence-corrected chi connectivity index (χ1v) is 10.0. The normalized spacial score (nSPS) is 15.6. The summed E-state index contributed by atoms with van der Waals surface area (Å²) in [6.45, 7) is 5.66. The Bertz CT molecular complexity index is 956. The molecule has 3 aromatic rings. The minimum absolute atomic E-state index is 0.0626. The van der Waals surface area contributed by atoms with E-state index in [0.29, 0.717) is 17.2 Å². The van der Waals surface area contributed by atoms with Gasteiger partial charge in [-0.25, -0.2) is 0 Å². The molecule has 0 aliphatic carbocycles. The number of carbonyl (C=O) groups excluding carboxylic acids is 1. The summed E-state index contributed by atoms with van der Waals surface area (Å²) in [5.74, 6) is 2.32. The molecule has 1 aromatic carbocycles. The molecule has 1 saturated heterocycles. The molecular formula is C19H23N5O2S. The van der Waals surface area contributed by atoms with E-state index in [-0.39, 0.29) is 11.8 Å². The Morgan fingerprint density at radius 2 is 2.04 bits per heavy atom. The van der Waals surface area contributed by atoms with Crippen LogP contribution in [0.25, 0.3) is 4.96 Å². The average Bonchev–Trinajstić information content (AvgIpc) is 3.28. The number of amides is 1. The van der Waals surface area contributed by atoms with Gasteiger partial charge in [0.1, 0.15) is 10.8 Å². The Kier molecular flexibility index (Phi) is 4.82. The van der Waals surface area contributed by atoms with Gasteiger partial charge in [-0.2, -0.15) is 9.61 Å². The fraction of sp³-hybridized carbons (Fsp3) is 0.474. The van der Waals surface area contributed by atoms with Gasteiger partial charge >= 0.3 is 0 Å².